The molecule has 14 aromatic rings. The van der Waals surface area contributed by atoms with Gasteiger partial charge in [-0.15, -0.1) is 16.4 Å². The second kappa shape index (κ2) is 43.1. The molecule has 23 heteroatoms. The molecule has 0 aliphatic carbocycles. The van der Waals surface area contributed by atoms with E-state index in [2.05, 4.69) is 295 Å². The van der Waals surface area contributed by atoms with E-state index in [4.69, 9.17) is 51.1 Å². The number of hydrogen-bond donors (Lipinski definition) is 2. The molecule has 10 aromatic carbocycles. The quantitative estimate of drug-likeness (QED) is 0.0263. The molecule has 0 bridgehead atoms. The molecule has 4 heterocycles. The first-order valence-corrected chi connectivity index (χ1v) is 38.9. The van der Waals surface area contributed by atoms with Gasteiger partial charge in [-0.1, -0.05) is 319 Å². The Morgan fingerprint density at radius 3 is 1.07 bits per heavy atom. The summed E-state index contributed by atoms with van der Waals surface area (Å²) in [4.78, 5) is 42.1. The summed E-state index contributed by atoms with van der Waals surface area (Å²) >= 11 is 3.99. The van der Waals surface area contributed by atoms with E-state index in [1.54, 1.807) is 13.8 Å². The predicted molar refractivity (Wildman–Crippen MR) is 453 cm³/mol. The van der Waals surface area contributed by atoms with Gasteiger partial charge in [0.2, 0.25) is 0 Å². The third-order valence-corrected chi connectivity index (χ3v) is 18.7. The number of rotatable bonds is 23. The molecule has 0 saturated heterocycles. The van der Waals surface area contributed by atoms with Crippen LogP contribution in [-0.4, -0.2) is 94.2 Å². The molecule has 0 fully saturated rings. The molecule has 0 amide bonds. The monoisotopic (exact) mass is 1740 g/mol. The van der Waals surface area contributed by atoms with Crippen molar-refractivity contribution in [2.24, 2.45) is 0 Å². The van der Waals surface area contributed by atoms with Gasteiger partial charge in [-0.05, 0) is 141 Å². The van der Waals surface area contributed by atoms with Crippen LogP contribution in [0.4, 0.5) is 0 Å². The number of benzene rings is 10. The van der Waals surface area contributed by atoms with Crippen molar-refractivity contribution in [3.8, 4) is 45.0 Å². The minimum Gasteiger partial charge on any atom is -0.494 e. The van der Waals surface area contributed by atoms with Crippen molar-refractivity contribution in [1.29, 1.82) is 1.34 Å². The zero-order valence-corrected chi connectivity index (χ0v) is 71.8. The second-order valence-corrected chi connectivity index (χ2v) is 28.0. The fourth-order valence-electron chi connectivity index (χ4n) is 14.0. The van der Waals surface area contributed by atoms with Gasteiger partial charge in [0.25, 0.3) is 0 Å². The number of nitrogens with zero attached hydrogens (tertiary/aromatic N) is 12. The van der Waals surface area contributed by atoms with Crippen LogP contribution in [0.5, 0.6) is 0 Å². The van der Waals surface area contributed by atoms with Gasteiger partial charge in [-0.3, -0.25) is 0 Å². The molecule has 0 aliphatic rings. The van der Waals surface area contributed by atoms with Crippen LogP contribution in [-0.2, 0) is 73.8 Å². The molecule has 2 radical (unpaired) electrons. The van der Waals surface area contributed by atoms with Gasteiger partial charge < -0.3 is 24.3 Å². The number of aryl methyl sites for hydroxylation is 2. The van der Waals surface area contributed by atoms with E-state index in [0.717, 1.165) is 127 Å². The maximum atomic E-state index is 10.9. The number of halogens is 2. The summed E-state index contributed by atoms with van der Waals surface area (Å²) < 4.78 is 14.4. The first kappa shape index (κ1) is 86.6. The van der Waals surface area contributed by atoms with Gasteiger partial charge in [0, 0.05) is 36.3 Å². The maximum absolute atomic E-state index is 10.9. The molecule has 14 rings (SSSR count). The van der Waals surface area contributed by atoms with Crippen molar-refractivity contribution in [2.45, 2.75) is 123 Å². The van der Waals surface area contributed by atoms with Crippen LogP contribution in [0.25, 0.3) is 45.0 Å². The van der Waals surface area contributed by atoms with E-state index in [1.807, 2.05) is 111 Å². The number of imidazole rings is 2. The van der Waals surface area contributed by atoms with Crippen LogP contribution < -0.4 is 51.4 Å². The molecule has 4 aromatic heterocycles. The third kappa shape index (κ3) is 20.5. The molecule has 0 aliphatic heterocycles. The van der Waals surface area contributed by atoms with E-state index in [9.17, 15) is 10.2 Å². The van der Waals surface area contributed by atoms with E-state index >= 15 is 0 Å². The fraction of sp³-hybridized carbons (Fsp3) is 0.213. The number of aromatic nitrogens is 12. The van der Waals surface area contributed by atoms with Crippen molar-refractivity contribution in [3.63, 3.8) is 0 Å². The Balaban J connectivity index is 0.000000247. The van der Waals surface area contributed by atoms with Crippen LogP contribution in [0.15, 0.2) is 279 Å². The van der Waals surface area contributed by atoms with Crippen LogP contribution in [0.2, 0.25) is 6.82 Å². The van der Waals surface area contributed by atoms with E-state index in [1.165, 1.54) is 11.2 Å². The zero-order chi connectivity index (χ0) is 80.1. The summed E-state index contributed by atoms with van der Waals surface area (Å²) in [5.74, 6) is 3.28. The Kier molecular flexibility index (Phi) is 33.3. The number of carbonyl (C=O) groups excluding carboxylic acids is 4. The van der Waals surface area contributed by atoms with Gasteiger partial charge in [-0.2, -0.15) is 63.9 Å². The molecule has 0 atom stereocenters. The average molecular weight is 1740 g/mol. The average Bonchev–Trinajstić information content (AvgIpc) is 1.71. The van der Waals surface area contributed by atoms with Gasteiger partial charge in [0.05, 0.1) is 11.3 Å². The van der Waals surface area contributed by atoms with Crippen LogP contribution in [0.3, 0.4) is 0 Å². The maximum Gasteiger partial charge on any atom is 1.00 e. The summed E-state index contributed by atoms with van der Waals surface area (Å²) in [6, 6.07) is 96.7. The number of tetrazole rings is 2. The molecular weight excluding hydrogens is 1650 g/mol. The van der Waals surface area contributed by atoms with Crippen LogP contribution in [0, 0.1) is 6.20 Å². The summed E-state index contributed by atoms with van der Waals surface area (Å²) in [7, 11) is 0. The summed E-state index contributed by atoms with van der Waals surface area (Å²) in [5, 5.41) is 51.1. The number of hydrogen-bond acceptors (Lipinski definition) is 14. The Bertz CT molecular complexity index is 5070. The largest absolute Gasteiger partial charge is 1.00 e. The van der Waals surface area contributed by atoms with Gasteiger partial charge in [0.15, 0.2) is 22.5 Å². The first-order chi connectivity index (χ1) is 54.4. The Hall–Kier alpha value is -9.33. The van der Waals surface area contributed by atoms with E-state index in [0.29, 0.717) is 30.4 Å². The first-order valence-electron chi connectivity index (χ1n) is 37.0. The van der Waals surface area contributed by atoms with Crippen LogP contribution in [0.1, 0.15) is 135 Å². The van der Waals surface area contributed by atoms with Gasteiger partial charge in [-0.25, -0.2) is 14.3 Å². The summed E-state index contributed by atoms with van der Waals surface area (Å²) in [6.45, 7) is 16.9. The molecule has 560 valence electrons. The molecule has 0 unspecified atom stereocenters. The van der Waals surface area contributed by atoms with Crippen molar-refractivity contribution in [1.82, 2.24) is 59.5 Å². The molecule has 112 heavy (non-hydrogen) atoms. The summed E-state index contributed by atoms with van der Waals surface area (Å²) in [5.41, 5.74) is 14.6. The van der Waals surface area contributed by atoms with Crippen LogP contribution >= 0.6 is 44.7 Å². The van der Waals surface area contributed by atoms with Crippen molar-refractivity contribution in [2.75, 3.05) is 0 Å². The zero-order valence-electron chi connectivity index (χ0n) is 65.3. The molecule has 18 nitrogen and oxygen atoms in total. The third-order valence-electron chi connectivity index (χ3n) is 18.7. The van der Waals surface area contributed by atoms with Crippen molar-refractivity contribution < 1.29 is 80.8 Å². The van der Waals surface area contributed by atoms with E-state index in [-0.39, 0.29) is 63.7 Å². The number of aliphatic hydroxyl groups is 2. The Morgan fingerprint density at radius 2 is 0.768 bits per heavy atom. The molecule has 0 spiro atoms. The molecular formula is C89H87B2I2KN12O6. The predicted octanol–water partition coefficient (Wildman–Crippen LogP) is 14.1. The van der Waals surface area contributed by atoms with Crippen molar-refractivity contribution in [3.05, 3.63) is 358 Å². The summed E-state index contributed by atoms with van der Waals surface area (Å²) in [6.07, 6.45) is 8.25. The normalized spacial score (nSPS) is 11.1. The molecule has 0 saturated carbocycles. The van der Waals surface area contributed by atoms with Gasteiger partial charge >= 0.3 is 63.7 Å². The smallest absolute Gasteiger partial charge is 0.494 e. The Morgan fingerprint density at radius 1 is 0.464 bits per heavy atom. The Labute approximate surface area is 728 Å². The molecule has 2 N–H and O–H groups in total. The second-order valence-electron chi connectivity index (χ2n) is 26.8. The minimum atomic E-state index is -1.05. The van der Waals surface area contributed by atoms with E-state index < -0.39 is 22.3 Å². The standard InChI is InChI=1S/C44H44N6O.C42H39N6O.CH3BI.2CO2.BHI.K/c1-5-18-40-45-41(43(3,4)51)39(6-2)49(40)31-32-27-29-33(30-28-32)37-25-16-17-26-38(37)42-46-47-48-50(42)44(34-19-10-7-11-20-34,35-21-12-8-13-22-35)36-23-14-9-15-24-36;1-4-16-39-43-38(41(2,3)49)30-47(39)29-31-25-27-32(28-26-31)36-23-14-15-24-37(36)40-44-45-46-48(40)42(33-17-8-5-9-18-33,34-19-10-6-11-20-34)35-21-12-7-13-22-35;1-2-3;2*2-1-3;1-2;/h7-17,19-30,51H,5-6,18,31H2,1-4H3;5-15,17-28,49H,4,16,29H2,1-3H3;1H3;;;1H;/q;-1;;;;;+1/i;;;;;1T;. The topological polar surface area (TPSA) is 232 Å². The SMILES string of the molecule is CCCc1nc(C(C)(C)O)[c-]n1Cc1ccc(-c2ccccc2-c2nnnn2C(c2ccccc2)(c2ccccc2)c2ccccc2)cc1.CCCc1nc(C(C)(C)O)c(CC)n1Cc1ccc(-c2ccccc2-c2nnnn2C(c2ccccc2)(c2ccccc2)c2ccccc2)cc1.C[B]I.O=C=O.O=C=O.[3H][B]I.[K+]. The van der Waals surface area contributed by atoms with Gasteiger partial charge in [0.1, 0.15) is 22.5 Å². The van der Waals surface area contributed by atoms with Crippen molar-refractivity contribution >= 4 is 67.9 Å². The fourth-order valence-corrected chi connectivity index (χ4v) is 14.0. The minimum absolute atomic E-state index is 0.